The molecule has 1 atom stereocenters. The first-order valence-electron chi connectivity index (χ1n) is 7.13. The van der Waals surface area contributed by atoms with Gasteiger partial charge in [0.25, 0.3) is 0 Å². The van der Waals surface area contributed by atoms with Crippen LogP contribution in [0.1, 0.15) is 29.0 Å². The van der Waals surface area contributed by atoms with Crippen LogP contribution in [0.5, 0.6) is 0 Å². The Kier molecular flexibility index (Phi) is 4.48. The molecule has 1 N–H and O–H groups in total. The summed E-state index contributed by atoms with van der Waals surface area (Å²) in [6.45, 7) is 3.86. The van der Waals surface area contributed by atoms with Gasteiger partial charge in [0.15, 0.2) is 0 Å². The van der Waals surface area contributed by atoms with E-state index in [1.807, 2.05) is 16.9 Å². The van der Waals surface area contributed by atoms with Crippen LogP contribution in [0.4, 0.5) is 0 Å². The highest BCUT2D eigenvalue weighted by molar-refractivity contribution is 7.10. The smallest absolute Gasteiger partial charge is 0.0659 e. The SMILES string of the molecule is C[C@H](NCc1cnn(Cc2ccccc2)c1)c1cccs1. The van der Waals surface area contributed by atoms with Gasteiger partial charge < -0.3 is 5.32 Å². The molecule has 0 unspecified atom stereocenters. The molecule has 21 heavy (non-hydrogen) atoms. The molecule has 4 heteroatoms. The summed E-state index contributed by atoms with van der Waals surface area (Å²) >= 11 is 1.79. The standard InChI is InChI=1S/C17H19N3S/c1-14(17-8-5-9-21-17)18-10-16-11-19-20(13-16)12-15-6-3-2-4-7-15/h2-9,11,13-14,18H,10,12H2,1H3/t14-/m0/s1. The Morgan fingerprint density at radius 2 is 2.00 bits per heavy atom. The summed E-state index contributed by atoms with van der Waals surface area (Å²) in [5.41, 5.74) is 2.49. The molecule has 2 heterocycles. The maximum Gasteiger partial charge on any atom is 0.0659 e. The first-order valence-corrected chi connectivity index (χ1v) is 8.01. The minimum atomic E-state index is 0.377. The molecule has 1 aromatic carbocycles. The summed E-state index contributed by atoms with van der Waals surface area (Å²) in [5, 5.41) is 10.1. The number of rotatable bonds is 6. The van der Waals surface area contributed by atoms with Gasteiger partial charge in [0, 0.05) is 29.2 Å². The second-order valence-electron chi connectivity index (χ2n) is 5.15. The van der Waals surface area contributed by atoms with Crippen molar-refractivity contribution in [3.8, 4) is 0 Å². The van der Waals surface area contributed by atoms with Gasteiger partial charge in [0.1, 0.15) is 0 Å². The highest BCUT2D eigenvalue weighted by Crippen LogP contribution is 2.18. The quantitative estimate of drug-likeness (QED) is 0.749. The molecule has 3 aromatic rings. The molecular formula is C17H19N3S. The van der Waals surface area contributed by atoms with Gasteiger partial charge in [-0.3, -0.25) is 4.68 Å². The lowest BCUT2D eigenvalue weighted by Gasteiger charge is -2.10. The van der Waals surface area contributed by atoms with Crippen LogP contribution in [-0.2, 0) is 13.1 Å². The summed E-state index contributed by atoms with van der Waals surface area (Å²) in [4.78, 5) is 1.37. The zero-order valence-electron chi connectivity index (χ0n) is 12.1. The first-order chi connectivity index (χ1) is 10.3. The van der Waals surface area contributed by atoms with E-state index in [-0.39, 0.29) is 0 Å². The molecule has 2 aromatic heterocycles. The Labute approximate surface area is 129 Å². The lowest BCUT2D eigenvalue weighted by atomic mass is 10.2. The minimum Gasteiger partial charge on any atom is -0.305 e. The van der Waals surface area contributed by atoms with Crippen LogP contribution in [-0.4, -0.2) is 9.78 Å². The van der Waals surface area contributed by atoms with E-state index in [9.17, 15) is 0 Å². The molecular weight excluding hydrogens is 278 g/mol. The molecule has 0 radical (unpaired) electrons. The molecule has 3 rings (SSSR count). The van der Waals surface area contributed by atoms with Crippen LogP contribution < -0.4 is 5.32 Å². The van der Waals surface area contributed by atoms with Gasteiger partial charge in [-0.25, -0.2) is 0 Å². The van der Waals surface area contributed by atoms with Gasteiger partial charge in [-0.05, 0) is 23.9 Å². The van der Waals surface area contributed by atoms with Gasteiger partial charge >= 0.3 is 0 Å². The van der Waals surface area contributed by atoms with Gasteiger partial charge in [0.2, 0.25) is 0 Å². The number of nitrogens with one attached hydrogen (secondary N) is 1. The van der Waals surface area contributed by atoms with Crippen molar-refractivity contribution in [1.82, 2.24) is 15.1 Å². The molecule has 0 aliphatic heterocycles. The molecule has 0 fully saturated rings. The fraction of sp³-hybridized carbons (Fsp3) is 0.235. The van der Waals surface area contributed by atoms with E-state index in [0.29, 0.717) is 6.04 Å². The van der Waals surface area contributed by atoms with E-state index in [1.54, 1.807) is 11.3 Å². The number of aromatic nitrogens is 2. The summed E-state index contributed by atoms with van der Waals surface area (Å²) in [5.74, 6) is 0. The van der Waals surface area contributed by atoms with Crippen molar-refractivity contribution >= 4 is 11.3 Å². The number of benzene rings is 1. The molecule has 3 nitrogen and oxygen atoms in total. The van der Waals surface area contributed by atoms with Crippen LogP contribution in [0.25, 0.3) is 0 Å². The van der Waals surface area contributed by atoms with Gasteiger partial charge in [-0.1, -0.05) is 36.4 Å². The first kappa shape index (κ1) is 14.0. The Bertz CT molecular complexity index is 658. The van der Waals surface area contributed by atoms with Crippen molar-refractivity contribution in [2.45, 2.75) is 26.1 Å². The van der Waals surface area contributed by atoms with E-state index in [4.69, 9.17) is 0 Å². The zero-order chi connectivity index (χ0) is 14.5. The predicted molar refractivity (Wildman–Crippen MR) is 87.3 cm³/mol. The van der Waals surface area contributed by atoms with Crippen molar-refractivity contribution in [2.75, 3.05) is 0 Å². The van der Waals surface area contributed by atoms with Crippen molar-refractivity contribution in [2.24, 2.45) is 0 Å². The fourth-order valence-electron chi connectivity index (χ4n) is 2.26. The topological polar surface area (TPSA) is 29.9 Å². The third-order valence-corrected chi connectivity index (χ3v) is 4.51. The van der Waals surface area contributed by atoms with Gasteiger partial charge in [0.05, 0.1) is 12.7 Å². The molecule has 0 aliphatic rings. The highest BCUT2D eigenvalue weighted by Gasteiger charge is 2.06. The highest BCUT2D eigenvalue weighted by atomic mass is 32.1. The van der Waals surface area contributed by atoms with Gasteiger partial charge in [-0.2, -0.15) is 5.10 Å². The van der Waals surface area contributed by atoms with Crippen LogP contribution in [0, 0.1) is 0 Å². The Hall–Kier alpha value is -1.91. The monoisotopic (exact) mass is 297 g/mol. The van der Waals surface area contributed by atoms with Crippen LogP contribution >= 0.6 is 11.3 Å². The van der Waals surface area contributed by atoms with E-state index in [2.05, 4.69) is 65.3 Å². The largest absolute Gasteiger partial charge is 0.305 e. The minimum absolute atomic E-state index is 0.377. The predicted octanol–water partition coefficient (Wildman–Crippen LogP) is 3.84. The van der Waals surface area contributed by atoms with Crippen molar-refractivity contribution in [3.05, 3.63) is 76.2 Å². The maximum atomic E-state index is 4.43. The number of thiophene rings is 1. The van der Waals surface area contributed by atoms with Crippen LogP contribution in [0.15, 0.2) is 60.2 Å². The van der Waals surface area contributed by atoms with E-state index in [0.717, 1.165) is 13.1 Å². The van der Waals surface area contributed by atoms with E-state index in [1.165, 1.54) is 16.0 Å². The number of hydrogen-bond donors (Lipinski definition) is 1. The number of nitrogens with zero attached hydrogens (tertiary/aromatic N) is 2. The normalized spacial score (nSPS) is 12.4. The lowest BCUT2D eigenvalue weighted by molar-refractivity contribution is 0.582. The van der Waals surface area contributed by atoms with E-state index < -0.39 is 0 Å². The maximum absolute atomic E-state index is 4.43. The Morgan fingerprint density at radius 1 is 1.14 bits per heavy atom. The molecule has 0 bridgehead atoms. The Balaban J connectivity index is 1.55. The van der Waals surface area contributed by atoms with Gasteiger partial charge in [-0.15, -0.1) is 11.3 Å². The van der Waals surface area contributed by atoms with Crippen molar-refractivity contribution in [1.29, 1.82) is 0 Å². The van der Waals surface area contributed by atoms with Crippen LogP contribution in [0.3, 0.4) is 0 Å². The summed E-state index contributed by atoms with van der Waals surface area (Å²) in [6, 6.07) is 15.0. The second kappa shape index (κ2) is 6.70. The van der Waals surface area contributed by atoms with Crippen LogP contribution in [0.2, 0.25) is 0 Å². The zero-order valence-corrected chi connectivity index (χ0v) is 12.9. The lowest BCUT2D eigenvalue weighted by Crippen LogP contribution is -2.16. The second-order valence-corrected chi connectivity index (χ2v) is 6.13. The average Bonchev–Trinajstić information content (AvgIpc) is 3.17. The van der Waals surface area contributed by atoms with Crippen molar-refractivity contribution in [3.63, 3.8) is 0 Å². The molecule has 0 saturated carbocycles. The summed E-state index contributed by atoms with van der Waals surface area (Å²) in [6.07, 6.45) is 4.05. The molecule has 108 valence electrons. The average molecular weight is 297 g/mol. The summed E-state index contributed by atoms with van der Waals surface area (Å²) < 4.78 is 1.99. The molecule has 0 spiro atoms. The molecule has 0 aliphatic carbocycles. The fourth-order valence-corrected chi connectivity index (χ4v) is 3.02. The molecule has 0 saturated heterocycles. The summed E-state index contributed by atoms with van der Waals surface area (Å²) in [7, 11) is 0. The van der Waals surface area contributed by atoms with Crippen molar-refractivity contribution < 1.29 is 0 Å². The third-order valence-electron chi connectivity index (χ3n) is 3.46. The third kappa shape index (κ3) is 3.80. The van der Waals surface area contributed by atoms with E-state index >= 15 is 0 Å². The molecule has 0 amide bonds. The Morgan fingerprint density at radius 3 is 2.76 bits per heavy atom. The number of hydrogen-bond acceptors (Lipinski definition) is 3.